The van der Waals surface area contributed by atoms with Crippen molar-refractivity contribution in [2.75, 3.05) is 26.9 Å². The van der Waals surface area contributed by atoms with Gasteiger partial charge in [-0.2, -0.15) is 0 Å². The average Bonchev–Trinajstić information content (AvgIpc) is 3.01. The summed E-state index contributed by atoms with van der Waals surface area (Å²) in [7, 11) is 1.58. The van der Waals surface area contributed by atoms with Crippen LogP contribution in [0.25, 0.3) is 6.08 Å². The van der Waals surface area contributed by atoms with E-state index in [1.165, 1.54) is 11.3 Å². The average molecular weight is 335 g/mol. The second-order valence-electron chi connectivity index (χ2n) is 5.16. The Labute approximate surface area is 140 Å². The Morgan fingerprint density at radius 1 is 1.39 bits per heavy atom. The molecule has 1 aliphatic heterocycles. The van der Waals surface area contributed by atoms with E-state index in [2.05, 4.69) is 0 Å². The number of thiophene rings is 1. The van der Waals surface area contributed by atoms with Gasteiger partial charge in [0.2, 0.25) is 0 Å². The van der Waals surface area contributed by atoms with Crippen LogP contribution in [0, 0.1) is 6.92 Å². The molecule has 2 heterocycles. The maximum absolute atomic E-state index is 12.7. The molecular formula is C17H21NO4S. The minimum absolute atomic E-state index is 0.185. The van der Waals surface area contributed by atoms with Crippen molar-refractivity contribution in [3.63, 3.8) is 0 Å². The molecule has 5 nitrogen and oxygen atoms in total. The highest BCUT2D eigenvalue weighted by atomic mass is 32.1. The summed E-state index contributed by atoms with van der Waals surface area (Å²) in [4.78, 5) is 27.6. The zero-order valence-corrected chi connectivity index (χ0v) is 14.7. The van der Waals surface area contributed by atoms with Gasteiger partial charge in [0, 0.05) is 24.2 Å². The Morgan fingerprint density at radius 2 is 2.13 bits per heavy atom. The van der Waals surface area contributed by atoms with Crippen molar-refractivity contribution in [2.24, 2.45) is 0 Å². The molecule has 6 heteroatoms. The molecule has 23 heavy (non-hydrogen) atoms. The van der Waals surface area contributed by atoms with Crippen molar-refractivity contribution in [2.45, 2.75) is 20.8 Å². The maximum Gasteiger partial charge on any atom is 0.340 e. The molecule has 0 aliphatic carbocycles. The second-order valence-corrected chi connectivity index (χ2v) is 6.10. The molecule has 2 rings (SSSR count). The molecule has 0 atom stereocenters. The number of allylic oxidation sites excluding steroid dienone is 1. The number of nitrogens with zero attached hydrogens (tertiary/aromatic N) is 1. The largest absolute Gasteiger partial charge is 0.462 e. The third-order valence-electron chi connectivity index (χ3n) is 3.69. The minimum atomic E-state index is -0.460. The first-order valence-electron chi connectivity index (χ1n) is 7.46. The molecule has 1 amide bonds. The van der Waals surface area contributed by atoms with Crippen molar-refractivity contribution in [1.29, 1.82) is 0 Å². The Hall–Kier alpha value is -1.92. The van der Waals surface area contributed by atoms with E-state index < -0.39 is 5.97 Å². The van der Waals surface area contributed by atoms with Crippen molar-refractivity contribution in [3.8, 4) is 0 Å². The molecule has 1 aliphatic rings. The summed E-state index contributed by atoms with van der Waals surface area (Å²) in [5, 5.41) is 1.96. The zero-order chi connectivity index (χ0) is 17.0. The van der Waals surface area contributed by atoms with Gasteiger partial charge >= 0.3 is 5.97 Å². The smallest absolute Gasteiger partial charge is 0.340 e. The van der Waals surface area contributed by atoms with Crippen molar-refractivity contribution < 1.29 is 19.1 Å². The lowest BCUT2D eigenvalue weighted by Crippen LogP contribution is -2.28. The predicted octanol–water partition coefficient (Wildman–Crippen LogP) is 2.77. The van der Waals surface area contributed by atoms with E-state index in [4.69, 9.17) is 9.47 Å². The van der Waals surface area contributed by atoms with E-state index in [1.807, 2.05) is 18.4 Å². The lowest BCUT2D eigenvalue weighted by molar-refractivity contribution is -0.138. The van der Waals surface area contributed by atoms with Crippen LogP contribution >= 0.6 is 11.3 Å². The number of carbonyl (C=O) groups excluding carboxylic acids is 2. The van der Waals surface area contributed by atoms with E-state index in [-0.39, 0.29) is 12.5 Å². The highest BCUT2D eigenvalue weighted by Crippen LogP contribution is 2.33. The van der Waals surface area contributed by atoms with Crippen LogP contribution in [0.15, 0.2) is 28.3 Å². The minimum Gasteiger partial charge on any atom is -0.462 e. The lowest BCUT2D eigenvalue weighted by Gasteiger charge is -2.16. The molecule has 124 valence electrons. The van der Waals surface area contributed by atoms with Gasteiger partial charge in [-0.15, -0.1) is 11.3 Å². The number of amides is 1. The summed E-state index contributed by atoms with van der Waals surface area (Å²) >= 11 is 1.54. The van der Waals surface area contributed by atoms with Gasteiger partial charge in [-0.1, -0.05) is 0 Å². The summed E-state index contributed by atoms with van der Waals surface area (Å²) in [5.74, 6) is -0.644. The van der Waals surface area contributed by atoms with E-state index in [1.54, 1.807) is 31.9 Å². The Kier molecular flexibility index (Phi) is 5.74. The van der Waals surface area contributed by atoms with Crippen LogP contribution in [0.4, 0.5) is 0 Å². The van der Waals surface area contributed by atoms with Gasteiger partial charge in [0.15, 0.2) is 0 Å². The number of methoxy groups -OCH3 is 1. The molecule has 0 aromatic carbocycles. The van der Waals surface area contributed by atoms with Gasteiger partial charge in [0.1, 0.15) is 0 Å². The van der Waals surface area contributed by atoms with Gasteiger partial charge in [-0.3, -0.25) is 4.79 Å². The van der Waals surface area contributed by atoms with Crippen molar-refractivity contribution in [1.82, 2.24) is 4.90 Å². The van der Waals surface area contributed by atoms with E-state index in [0.29, 0.717) is 30.0 Å². The summed E-state index contributed by atoms with van der Waals surface area (Å²) < 4.78 is 10.2. The predicted molar refractivity (Wildman–Crippen MR) is 90.0 cm³/mol. The van der Waals surface area contributed by atoms with Crippen LogP contribution in [-0.2, 0) is 19.1 Å². The quantitative estimate of drug-likeness (QED) is 0.592. The molecule has 0 fully saturated rings. The molecule has 1 aromatic heterocycles. The number of carbonyl (C=O) groups is 2. The van der Waals surface area contributed by atoms with Crippen LogP contribution < -0.4 is 0 Å². The van der Waals surface area contributed by atoms with Gasteiger partial charge in [-0.25, -0.2) is 4.79 Å². The van der Waals surface area contributed by atoms with Crippen LogP contribution in [0.3, 0.4) is 0 Å². The third kappa shape index (κ3) is 3.54. The fourth-order valence-electron chi connectivity index (χ4n) is 2.44. The normalized spacial score (nSPS) is 16.6. The fraction of sp³-hybridized carbons (Fsp3) is 0.412. The number of esters is 1. The van der Waals surface area contributed by atoms with E-state index in [9.17, 15) is 9.59 Å². The first kappa shape index (κ1) is 17.4. The van der Waals surface area contributed by atoms with Gasteiger partial charge in [-0.05, 0) is 43.9 Å². The summed E-state index contributed by atoms with van der Waals surface area (Å²) in [6.07, 6.45) is 1.78. The first-order valence-corrected chi connectivity index (χ1v) is 8.34. The molecule has 0 N–H and O–H groups in total. The molecule has 1 aromatic rings. The van der Waals surface area contributed by atoms with Crippen molar-refractivity contribution in [3.05, 3.63) is 38.7 Å². The maximum atomic E-state index is 12.7. The molecule has 0 saturated carbocycles. The number of ether oxygens (including phenoxy) is 2. The third-order valence-corrected chi connectivity index (χ3v) is 4.65. The molecule has 0 saturated heterocycles. The van der Waals surface area contributed by atoms with Crippen LogP contribution in [0.2, 0.25) is 0 Å². The molecule has 0 unspecified atom stereocenters. The summed E-state index contributed by atoms with van der Waals surface area (Å²) in [6, 6.07) is 1.99. The summed E-state index contributed by atoms with van der Waals surface area (Å²) in [6.45, 7) is 6.58. The van der Waals surface area contributed by atoms with Gasteiger partial charge in [0.25, 0.3) is 5.91 Å². The fourth-order valence-corrected chi connectivity index (χ4v) is 3.30. The van der Waals surface area contributed by atoms with E-state index in [0.717, 1.165) is 10.4 Å². The topological polar surface area (TPSA) is 55.8 Å². The molecular weight excluding hydrogens is 314 g/mol. The van der Waals surface area contributed by atoms with Crippen molar-refractivity contribution >= 4 is 29.3 Å². The van der Waals surface area contributed by atoms with Crippen LogP contribution in [0.1, 0.15) is 24.3 Å². The number of hydrogen-bond acceptors (Lipinski definition) is 5. The Morgan fingerprint density at radius 3 is 2.70 bits per heavy atom. The summed E-state index contributed by atoms with van der Waals surface area (Å²) in [5.41, 5.74) is 2.43. The number of aryl methyl sites for hydroxylation is 1. The number of rotatable bonds is 6. The van der Waals surface area contributed by atoms with Crippen LogP contribution in [-0.4, -0.2) is 43.6 Å². The molecule has 0 radical (unpaired) electrons. The van der Waals surface area contributed by atoms with Gasteiger partial charge in [0.05, 0.1) is 24.4 Å². The molecule has 0 bridgehead atoms. The highest BCUT2D eigenvalue weighted by molar-refractivity contribution is 7.11. The second kappa shape index (κ2) is 7.57. The highest BCUT2D eigenvalue weighted by Gasteiger charge is 2.37. The SMILES string of the molecule is CCOC(=O)C1=C(C)N(CCOC)C(=O)C1=Cc1sccc1C. The van der Waals surface area contributed by atoms with Crippen LogP contribution in [0.5, 0.6) is 0 Å². The Bertz CT molecular complexity index is 672. The van der Waals surface area contributed by atoms with E-state index >= 15 is 0 Å². The lowest BCUT2D eigenvalue weighted by atomic mass is 10.1. The standard InChI is InChI=1S/C17H21NO4S/c1-5-22-17(20)15-12(3)18(7-8-21-4)16(19)13(15)10-14-11(2)6-9-23-14/h6,9-10H,5,7-8H2,1-4H3. The molecule has 0 spiro atoms. The zero-order valence-electron chi connectivity index (χ0n) is 13.8. The monoisotopic (exact) mass is 335 g/mol. The van der Waals surface area contributed by atoms with Gasteiger partial charge < -0.3 is 14.4 Å². The first-order chi connectivity index (χ1) is 11.0. The number of hydrogen-bond donors (Lipinski definition) is 0. The Balaban J connectivity index is 2.46.